The molecule has 0 radical (unpaired) electrons. The molecule has 158 valence electrons. The molecule has 28 heavy (non-hydrogen) atoms. The van der Waals surface area contributed by atoms with Gasteiger partial charge in [-0.3, -0.25) is 14.7 Å². The molecule has 1 saturated heterocycles. The van der Waals surface area contributed by atoms with Gasteiger partial charge in [0.05, 0.1) is 6.61 Å². The smallest absolute Gasteiger partial charge is 0.305 e. The van der Waals surface area contributed by atoms with Gasteiger partial charge in [-0.1, -0.05) is 30.3 Å². The Morgan fingerprint density at radius 3 is 2.57 bits per heavy atom. The Bertz CT molecular complexity index is 575. The van der Waals surface area contributed by atoms with Crippen LogP contribution in [0.25, 0.3) is 0 Å². The fraction of sp³-hybridized carbons (Fsp3) is 0.619. The number of halogens is 1. The molecule has 2 N–H and O–H groups in total. The van der Waals surface area contributed by atoms with E-state index in [1.54, 1.807) is 0 Å². The molecule has 0 aromatic heterocycles. The van der Waals surface area contributed by atoms with E-state index in [-0.39, 0.29) is 29.9 Å². The van der Waals surface area contributed by atoms with Gasteiger partial charge in [0.1, 0.15) is 0 Å². The first-order chi connectivity index (χ1) is 13.2. The highest BCUT2D eigenvalue weighted by molar-refractivity contribution is 14.0. The maximum Gasteiger partial charge on any atom is 0.305 e. The fourth-order valence-corrected chi connectivity index (χ4v) is 3.24. The zero-order chi connectivity index (χ0) is 19.3. The molecule has 1 aliphatic heterocycles. The van der Waals surface area contributed by atoms with E-state index in [9.17, 15) is 4.79 Å². The molecular formula is C21H35IN4O2. The predicted molar refractivity (Wildman–Crippen MR) is 125 cm³/mol. The number of nitrogens with zero attached hydrogens (tertiary/aromatic N) is 2. The number of guanidine groups is 1. The van der Waals surface area contributed by atoms with Crippen LogP contribution in [0.1, 0.15) is 45.1 Å². The van der Waals surface area contributed by atoms with E-state index in [0.717, 1.165) is 45.0 Å². The van der Waals surface area contributed by atoms with Crippen molar-refractivity contribution in [3.8, 4) is 0 Å². The number of hydrogen-bond donors (Lipinski definition) is 2. The molecule has 0 saturated carbocycles. The van der Waals surface area contributed by atoms with E-state index < -0.39 is 0 Å². The number of carbonyl (C=O) groups is 1. The van der Waals surface area contributed by atoms with Crippen LogP contribution in [-0.2, 0) is 16.1 Å². The number of ether oxygens (including phenoxy) is 1. The van der Waals surface area contributed by atoms with Crippen LogP contribution in [0, 0.1) is 0 Å². The second-order valence-corrected chi connectivity index (χ2v) is 6.85. The third kappa shape index (κ3) is 9.73. The number of benzene rings is 1. The molecule has 0 bridgehead atoms. The average Bonchev–Trinajstić information content (AvgIpc) is 2.68. The number of rotatable bonds is 9. The number of likely N-dealkylation sites (tertiary alicyclic amines) is 1. The first kappa shape index (κ1) is 24.7. The fourth-order valence-electron chi connectivity index (χ4n) is 3.24. The minimum Gasteiger partial charge on any atom is -0.466 e. The van der Waals surface area contributed by atoms with Crippen molar-refractivity contribution in [2.75, 3.05) is 32.8 Å². The molecule has 1 aromatic carbocycles. The largest absolute Gasteiger partial charge is 0.466 e. The molecule has 1 fully saturated rings. The third-order valence-corrected chi connectivity index (χ3v) is 4.64. The summed E-state index contributed by atoms with van der Waals surface area (Å²) in [7, 11) is 0. The minimum atomic E-state index is -0.142. The van der Waals surface area contributed by atoms with E-state index in [2.05, 4.69) is 57.8 Å². The van der Waals surface area contributed by atoms with Gasteiger partial charge in [0.15, 0.2) is 5.96 Å². The van der Waals surface area contributed by atoms with Crippen molar-refractivity contribution >= 4 is 35.9 Å². The van der Waals surface area contributed by atoms with Gasteiger partial charge < -0.3 is 15.4 Å². The summed E-state index contributed by atoms with van der Waals surface area (Å²) in [6.45, 7) is 9.00. The average molecular weight is 502 g/mol. The highest BCUT2D eigenvalue weighted by atomic mass is 127. The number of nitrogens with one attached hydrogen (secondary N) is 2. The van der Waals surface area contributed by atoms with Gasteiger partial charge in [-0.15, -0.1) is 24.0 Å². The molecule has 0 atom stereocenters. The van der Waals surface area contributed by atoms with Gasteiger partial charge in [0.2, 0.25) is 0 Å². The van der Waals surface area contributed by atoms with Crippen LogP contribution >= 0.6 is 24.0 Å². The molecule has 1 aromatic rings. The van der Waals surface area contributed by atoms with Crippen LogP contribution in [0.2, 0.25) is 0 Å². The lowest BCUT2D eigenvalue weighted by Gasteiger charge is -2.33. The first-order valence-corrected chi connectivity index (χ1v) is 10.2. The summed E-state index contributed by atoms with van der Waals surface area (Å²) < 4.78 is 4.95. The maximum atomic E-state index is 11.4. The van der Waals surface area contributed by atoms with Crippen LogP contribution in [0.4, 0.5) is 0 Å². The van der Waals surface area contributed by atoms with Gasteiger partial charge in [-0.2, -0.15) is 0 Å². The van der Waals surface area contributed by atoms with Gasteiger partial charge in [-0.05, 0) is 38.7 Å². The molecule has 1 heterocycles. The van der Waals surface area contributed by atoms with Crippen LogP contribution < -0.4 is 10.6 Å². The minimum absolute atomic E-state index is 0. The Morgan fingerprint density at radius 2 is 1.93 bits per heavy atom. The van der Waals surface area contributed by atoms with E-state index >= 15 is 0 Å². The Kier molecular flexibility index (Phi) is 12.9. The molecule has 0 unspecified atom stereocenters. The highest BCUT2D eigenvalue weighted by Gasteiger charge is 2.20. The van der Waals surface area contributed by atoms with E-state index in [1.807, 2.05) is 6.92 Å². The van der Waals surface area contributed by atoms with Crippen molar-refractivity contribution in [2.45, 2.75) is 52.1 Å². The van der Waals surface area contributed by atoms with Gasteiger partial charge >= 0.3 is 5.97 Å². The monoisotopic (exact) mass is 502 g/mol. The number of carbonyl (C=O) groups excluding carboxylic acids is 1. The van der Waals surface area contributed by atoms with Crippen LogP contribution in [-0.4, -0.2) is 55.7 Å². The zero-order valence-electron chi connectivity index (χ0n) is 17.2. The summed E-state index contributed by atoms with van der Waals surface area (Å²) >= 11 is 0. The van der Waals surface area contributed by atoms with Crippen molar-refractivity contribution < 1.29 is 9.53 Å². The van der Waals surface area contributed by atoms with Crippen LogP contribution in [0.3, 0.4) is 0 Å². The summed E-state index contributed by atoms with van der Waals surface area (Å²) in [5, 5.41) is 6.85. The van der Waals surface area contributed by atoms with Crippen molar-refractivity contribution in [1.29, 1.82) is 0 Å². The first-order valence-electron chi connectivity index (χ1n) is 10.2. The second-order valence-electron chi connectivity index (χ2n) is 6.85. The van der Waals surface area contributed by atoms with Crippen molar-refractivity contribution in [3.63, 3.8) is 0 Å². The number of hydrogen-bond acceptors (Lipinski definition) is 4. The van der Waals surface area contributed by atoms with Gasteiger partial charge in [0.25, 0.3) is 0 Å². The number of aliphatic imine (C=N–C) groups is 1. The molecule has 2 rings (SSSR count). The SMILES string of the molecule is CCNC(=NCCCC(=O)OCC)NC1CCN(Cc2ccccc2)CC1.I. The summed E-state index contributed by atoms with van der Waals surface area (Å²) in [5.74, 6) is 0.708. The summed E-state index contributed by atoms with van der Waals surface area (Å²) in [4.78, 5) is 18.5. The lowest BCUT2D eigenvalue weighted by atomic mass is 10.0. The zero-order valence-corrected chi connectivity index (χ0v) is 19.5. The highest BCUT2D eigenvalue weighted by Crippen LogP contribution is 2.13. The lowest BCUT2D eigenvalue weighted by Crippen LogP contribution is -2.48. The Labute approximate surface area is 186 Å². The number of esters is 1. The van der Waals surface area contributed by atoms with Gasteiger partial charge in [-0.25, -0.2) is 0 Å². The summed E-state index contributed by atoms with van der Waals surface area (Å²) in [6, 6.07) is 11.1. The van der Waals surface area contributed by atoms with Crippen LogP contribution in [0.15, 0.2) is 35.3 Å². The van der Waals surface area contributed by atoms with Gasteiger partial charge in [0, 0.05) is 45.2 Å². The van der Waals surface area contributed by atoms with Crippen molar-refractivity contribution in [1.82, 2.24) is 15.5 Å². The third-order valence-electron chi connectivity index (χ3n) is 4.64. The Hall–Kier alpha value is -1.35. The van der Waals surface area contributed by atoms with Crippen molar-refractivity contribution in [3.05, 3.63) is 35.9 Å². The Balaban J connectivity index is 0.00000392. The lowest BCUT2D eigenvalue weighted by molar-refractivity contribution is -0.143. The molecular weight excluding hydrogens is 467 g/mol. The van der Waals surface area contributed by atoms with E-state index in [0.29, 0.717) is 32.0 Å². The standard InChI is InChI=1S/C21H34N4O2.HI/c1-3-22-21(23-14-8-11-20(26)27-4-2)24-19-12-15-25(16-13-19)17-18-9-6-5-7-10-18;/h5-7,9-10,19H,3-4,8,11-17H2,1-2H3,(H2,22,23,24);1H. The topological polar surface area (TPSA) is 66.0 Å². The van der Waals surface area contributed by atoms with Crippen LogP contribution in [0.5, 0.6) is 0 Å². The summed E-state index contributed by atoms with van der Waals surface area (Å²) in [6.07, 6.45) is 3.36. The maximum absolute atomic E-state index is 11.4. The van der Waals surface area contributed by atoms with E-state index in [1.165, 1.54) is 5.56 Å². The molecule has 0 spiro atoms. The summed E-state index contributed by atoms with van der Waals surface area (Å²) in [5.41, 5.74) is 1.38. The predicted octanol–water partition coefficient (Wildman–Crippen LogP) is 3.17. The molecule has 0 aliphatic carbocycles. The molecule has 6 nitrogen and oxygen atoms in total. The quantitative estimate of drug-likeness (QED) is 0.179. The Morgan fingerprint density at radius 1 is 1.21 bits per heavy atom. The molecule has 7 heteroatoms. The molecule has 0 amide bonds. The second kappa shape index (κ2) is 14.6. The number of piperidine rings is 1. The molecule has 1 aliphatic rings. The van der Waals surface area contributed by atoms with E-state index in [4.69, 9.17) is 4.74 Å². The normalized spacial score (nSPS) is 15.6. The van der Waals surface area contributed by atoms with Crippen molar-refractivity contribution in [2.24, 2.45) is 4.99 Å².